The average molecular weight is 232 g/mol. The van der Waals surface area contributed by atoms with E-state index in [9.17, 15) is 9.59 Å². The number of methoxy groups -OCH3 is 1. The molecule has 88 valence electrons. The number of imide groups is 1. The molecule has 0 aromatic heterocycles. The number of nitrogens with one attached hydrogen (secondary N) is 1. The van der Waals surface area contributed by atoms with Gasteiger partial charge in [-0.2, -0.15) is 0 Å². The van der Waals surface area contributed by atoms with Gasteiger partial charge in [0, 0.05) is 12.6 Å². The Labute approximate surface area is 98.7 Å². The molecule has 0 unspecified atom stereocenters. The third-order valence-electron chi connectivity index (χ3n) is 2.52. The fraction of sp³-hybridized carbons (Fsp3) is 0.167. The molecule has 0 radical (unpaired) electrons. The molecule has 0 aliphatic carbocycles. The van der Waals surface area contributed by atoms with Crippen molar-refractivity contribution < 1.29 is 14.3 Å². The van der Waals surface area contributed by atoms with Crippen molar-refractivity contribution in [2.24, 2.45) is 0 Å². The van der Waals surface area contributed by atoms with Gasteiger partial charge in [-0.1, -0.05) is 18.2 Å². The van der Waals surface area contributed by atoms with Gasteiger partial charge in [-0.15, -0.1) is 0 Å². The van der Waals surface area contributed by atoms with Crippen LogP contribution < -0.4 is 10.1 Å². The smallest absolute Gasteiger partial charge is 0.328 e. The minimum absolute atomic E-state index is 0.252. The standard InChI is InChI=1S/C12H12N2O3/c1-14-11(15)9(13-12(14)16)7-8-5-3-4-6-10(8)17-2/h3-7H,1-2H3,(H,13,16)/b9-7+. The van der Waals surface area contributed by atoms with Crippen LogP contribution in [0, 0.1) is 0 Å². The molecule has 0 spiro atoms. The summed E-state index contributed by atoms with van der Waals surface area (Å²) in [5, 5.41) is 2.50. The van der Waals surface area contributed by atoms with E-state index in [0.29, 0.717) is 5.75 Å². The molecule has 2 rings (SSSR count). The van der Waals surface area contributed by atoms with Crippen LogP contribution in [0.1, 0.15) is 5.56 Å². The third kappa shape index (κ3) is 1.99. The van der Waals surface area contributed by atoms with Crippen molar-refractivity contribution in [1.82, 2.24) is 10.2 Å². The number of hydrogen-bond acceptors (Lipinski definition) is 3. The first-order valence-corrected chi connectivity index (χ1v) is 5.07. The van der Waals surface area contributed by atoms with Crippen LogP contribution in [0.4, 0.5) is 4.79 Å². The van der Waals surface area contributed by atoms with Crippen molar-refractivity contribution >= 4 is 18.0 Å². The molecule has 1 aromatic rings. The quantitative estimate of drug-likeness (QED) is 0.616. The molecule has 1 aromatic carbocycles. The number of nitrogens with zero attached hydrogens (tertiary/aromatic N) is 1. The molecule has 0 bridgehead atoms. The summed E-state index contributed by atoms with van der Waals surface area (Å²) in [5.41, 5.74) is 0.996. The second kappa shape index (κ2) is 4.29. The number of rotatable bonds is 2. The molecule has 1 N–H and O–H groups in total. The Balaban J connectivity index is 2.37. The molecular weight excluding hydrogens is 220 g/mol. The first-order chi connectivity index (χ1) is 8.13. The summed E-state index contributed by atoms with van der Waals surface area (Å²) in [7, 11) is 2.99. The first-order valence-electron chi connectivity index (χ1n) is 5.07. The molecule has 5 heteroatoms. The number of amides is 3. The fourth-order valence-corrected chi connectivity index (χ4v) is 1.56. The highest BCUT2D eigenvalue weighted by atomic mass is 16.5. The number of para-hydroxylation sites is 1. The van der Waals surface area contributed by atoms with Gasteiger partial charge in [-0.3, -0.25) is 9.69 Å². The summed E-state index contributed by atoms with van der Waals surface area (Å²) < 4.78 is 5.16. The lowest BCUT2D eigenvalue weighted by Gasteiger charge is -2.04. The Bertz CT molecular complexity index is 508. The van der Waals surface area contributed by atoms with E-state index in [4.69, 9.17) is 4.74 Å². The van der Waals surface area contributed by atoms with Crippen molar-refractivity contribution in [3.63, 3.8) is 0 Å². The number of urea groups is 1. The molecule has 0 saturated carbocycles. The van der Waals surface area contributed by atoms with Gasteiger partial charge in [0.05, 0.1) is 7.11 Å². The second-order valence-corrected chi connectivity index (χ2v) is 3.59. The largest absolute Gasteiger partial charge is 0.496 e. The number of ether oxygens (including phenoxy) is 1. The maximum Gasteiger partial charge on any atom is 0.328 e. The van der Waals surface area contributed by atoms with Gasteiger partial charge in [0.15, 0.2) is 0 Å². The van der Waals surface area contributed by atoms with E-state index in [-0.39, 0.29) is 11.6 Å². The zero-order valence-corrected chi connectivity index (χ0v) is 9.56. The molecule has 1 heterocycles. The molecular formula is C12H12N2O3. The molecule has 1 saturated heterocycles. The summed E-state index contributed by atoms with van der Waals surface area (Å²) >= 11 is 0. The number of benzene rings is 1. The lowest BCUT2D eigenvalue weighted by Crippen LogP contribution is -2.25. The average Bonchev–Trinajstić information content (AvgIpc) is 2.58. The highest BCUT2D eigenvalue weighted by molar-refractivity contribution is 6.13. The minimum atomic E-state index is -0.420. The number of likely N-dealkylation sites (N-methyl/N-ethyl adjacent to an activating group) is 1. The van der Waals surface area contributed by atoms with E-state index in [1.165, 1.54) is 7.05 Å². The molecule has 17 heavy (non-hydrogen) atoms. The van der Waals surface area contributed by atoms with Crippen LogP contribution >= 0.6 is 0 Å². The highest BCUT2D eigenvalue weighted by Gasteiger charge is 2.30. The highest BCUT2D eigenvalue weighted by Crippen LogP contribution is 2.21. The normalized spacial score (nSPS) is 17.5. The van der Waals surface area contributed by atoms with Crippen LogP contribution in [-0.4, -0.2) is 31.0 Å². The monoisotopic (exact) mass is 232 g/mol. The van der Waals surface area contributed by atoms with E-state index in [1.54, 1.807) is 19.3 Å². The van der Waals surface area contributed by atoms with Gasteiger partial charge < -0.3 is 10.1 Å². The van der Waals surface area contributed by atoms with Crippen molar-refractivity contribution in [2.75, 3.05) is 14.2 Å². The van der Waals surface area contributed by atoms with Crippen LogP contribution in [0.15, 0.2) is 30.0 Å². The second-order valence-electron chi connectivity index (χ2n) is 3.59. The summed E-state index contributed by atoms with van der Waals surface area (Å²) in [4.78, 5) is 23.9. The lowest BCUT2D eigenvalue weighted by atomic mass is 10.1. The van der Waals surface area contributed by atoms with Crippen molar-refractivity contribution in [3.8, 4) is 5.75 Å². The third-order valence-corrected chi connectivity index (χ3v) is 2.52. The van der Waals surface area contributed by atoms with Gasteiger partial charge >= 0.3 is 6.03 Å². The van der Waals surface area contributed by atoms with Gasteiger partial charge in [0.2, 0.25) is 0 Å². The van der Waals surface area contributed by atoms with Gasteiger partial charge in [-0.05, 0) is 12.1 Å². The van der Waals surface area contributed by atoms with Crippen LogP contribution in [0.5, 0.6) is 5.75 Å². The van der Waals surface area contributed by atoms with Gasteiger partial charge in [0.1, 0.15) is 11.4 Å². The van der Waals surface area contributed by atoms with Crippen LogP contribution in [0.25, 0.3) is 6.08 Å². The zero-order chi connectivity index (χ0) is 12.4. The Kier molecular flexibility index (Phi) is 2.82. The summed E-state index contributed by atoms with van der Waals surface area (Å²) in [6.45, 7) is 0. The van der Waals surface area contributed by atoms with E-state index in [2.05, 4.69) is 5.32 Å². The predicted octanol–water partition coefficient (Wildman–Crippen LogP) is 1.22. The van der Waals surface area contributed by atoms with E-state index in [0.717, 1.165) is 10.5 Å². The molecule has 1 fully saturated rings. The van der Waals surface area contributed by atoms with E-state index in [1.807, 2.05) is 18.2 Å². The topological polar surface area (TPSA) is 58.6 Å². The summed E-state index contributed by atoms with van der Waals surface area (Å²) in [6, 6.07) is 6.85. The molecule has 5 nitrogen and oxygen atoms in total. The van der Waals surface area contributed by atoms with Crippen molar-refractivity contribution in [1.29, 1.82) is 0 Å². The Hall–Kier alpha value is -2.30. The fourth-order valence-electron chi connectivity index (χ4n) is 1.56. The first kappa shape index (κ1) is 11.2. The van der Waals surface area contributed by atoms with Crippen LogP contribution in [0.2, 0.25) is 0 Å². The maximum atomic E-state index is 11.7. The molecule has 1 aliphatic rings. The number of carbonyl (C=O) groups is 2. The summed E-state index contributed by atoms with van der Waals surface area (Å²) in [5.74, 6) is 0.303. The molecule has 3 amide bonds. The maximum absolute atomic E-state index is 11.7. The van der Waals surface area contributed by atoms with Crippen molar-refractivity contribution in [2.45, 2.75) is 0 Å². The number of hydrogen-bond donors (Lipinski definition) is 1. The van der Waals surface area contributed by atoms with Gasteiger partial charge in [0.25, 0.3) is 5.91 Å². The Morgan fingerprint density at radius 1 is 1.29 bits per heavy atom. The Morgan fingerprint density at radius 3 is 2.59 bits per heavy atom. The van der Waals surface area contributed by atoms with Crippen molar-refractivity contribution in [3.05, 3.63) is 35.5 Å². The van der Waals surface area contributed by atoms with Crippen LogP contribution in [0.3, 0.4) is 0 Å². The lowest BCUT2D eigenvalue weighted by molar-refractivity contribution is -0.121. The van der Waals surface area contributed by atoms with E-state index < -0.39 is 6.03 Å². The van der Waals surface area contributed by atoms with E-state index >= 15 is 0 Å². The Morgan fingerprint density at radius 2 is 2.00 bits per heavy atom. The zero-order valence-electron chi connectivity index (χ0n) is 9.56. The predicted molar refractivity (Wildman–Crippen MR) is 62.3 cm³/mol. The SMILES string of the molecule is COc1ccccc1/C=C1/NC(=O)N(C)C1=O. The molecule has 1 aliphatic heterocycles. The summed E-state index contributed by atoms with van der Waals surface area (Å²) in [6.07, 6.45) is 1.60. The van der Waals surface area contributed by atoms with Crippen LogP contribution in [-0.2, 0) is 4.79 Å². The molecule has 0 atom stereocenters. The number of carbonyl (C=O) groups excluding carboxylic acids is 2. The van der Waals surface area contributed by atoms with Gasteiger partial charge in [-0.25, -0.2) is 4.79 Å². The minimum Gasteiger partial charge on any atom is -0.496 e.